The van der Waals surface area contributed by atoms with Crippen LogP contribution in [0.25, 0.3) is 0 Å². The predicted molar refractivity (Wildman–Crippen MR) is 74.4 cm³/mol. The van der Waals surface area contributed by atoms with Gasteiger partial charge in [0.2, 0.25) is 0 Å². The molecular formula is C15H24N2. The highest BCUT2D eigenvalue weighted by Crippen LogP contribution is 2.27. The van der Waals surface area contributed by atoms with Gasteiger partial charge in [0, 0.05) is 24.3 Å². The lowest BCUT2D eigenvalue weighted by atomic mass is 9.90. The van der Waals surface area contributed by atoms with E-state index in [1.165, 1.54) is 36.9 Å². The van der Waals surface area contributed by atoms with Crippen molar-refractivity contribution in [2.45, 2.75) is 51.6 Å². The van der Waals surface area contributed by atoms with Gasteiger partial charge in [-0.3, -0.25) is 0 Å². The van der Waals surface area contributed by atoms with Gasteiger partial charge in [0.25, 0.3) is 0 Å². The van der Waals surface area contributed by atoms with Crippen molar-refractivity contribution in [3.63, 3.8) is 0 Å². The van der Waals surface area contributed by atoms with Gasteiger partial charge in [0.05, 0.1) is 0 Å². The molecule has 1 saturated carbocycles. The summed E-state index contributed by atoms with van der Waals surface area (Å²) in [6, 6.07) is 9.95. The molecule has 0 atom stereocenters. The minimum absolute atomic E-state index is 0.433. The average Bonchev–Trinajstić information content (AvgIpc) is 2.33. The van der Waals surface area contributed by atoms with Crippen LogP contribution in [0.2, 0.25) is 0 Å². The van der Waals surface area contributed by atoms with Gasteiger partial charge in [-0.25, -0.2) is 0 Å². The maximum Gasteiger partial charge on any atom is 0.0371 e. The van der Waals surface area contributed by atoms with Crippen LogP contribution in [0, 0.1) is 6.92 Å². The fourth-order valence-corrected chi connectivity index (χ4v) is 2.87. The number of anilines is 1. The molecule has 0 spiro atoms. The van der Waals surface area contributed by atoms with Crippen LogP contribution in [0.3, 0.4) is 0 Å². The number of aryl methyl sites for hydroxylation is 1. The van der Waals surface area contributed by atoms with Crippen LogP contribution in [-0.4, -0.2) is 18.6 Å². The van der Waals surface area contributed by atoms with Crippen molar-refractivity contribution in [1.29, 1.82) is 0 Å². The highest BCUT2D eigenvalue weighted by molar-refractivity contribution is 5.49. The Kier molecular flexibility index (Phi) is 4.06. The van der Waals surface area contributed by atoms with E-state index in [1.807, 2.05) is 0 Å². The molecule has 1 aromatic carbocycles. The minimum atomic E-state index is 0.433. The lowest BCUT2D eigenvalue weighted by Gasteiger charge is -2.37. The molecule has 0 heterocycles. The number of nitrogens with zero attached hydrogens (tertiary/aromatic N) is 1. The van der Waals surface area contributed by atoms with Gasteiger partial charge in [-0.2, -0.15) is 0 Å². The Morgan fingerprint density at radius 2 is 1.94 bits per heavy atom. The molecule has 0 radical (unpaired) electrons. The molecule has 2 heteroatoms. The van der Waals surface area contributed by atoms with Crippen molar-refractivity contribution >= 4 is 5.69 Å². The van der Waals surface area contributed by atoms with E-state index < -0.39 is 0 Å². The molecule has 1 aromatic rings. The van der Waals surface area contributed by atoms with Gasteiger partial charge in [0.15, 0.2) is 0 Å². The van der Waals surface area contributed by atoms with E-state index >= 15 is 0 Å². The highest BCUT2D eigenvalue weighted by atomic mass is 15.2. The lowest BCUT2D eigenvalue weighted by molar-refractivity contribution is 0.378. The first-order chi connectivity index (χ1) is 8.20. The third-order valence-electron chi connectivity index (χ3n) is 3.86. The van der Waals surface area contributed by atoms with Gasteiger partial charge < -0.3 is 10.6 Å². The average molecular weight is 232 g/mol. The number of benzene rings is 1. The third-order valence-corrected chi connectivity index (χ3v) is 3.86. The zero-order chi connectivity index (χ0) is 12.3. The second kappa shape index (κ2) is 5.54. The summed E-state index contributed by atoms with van der Waals surface area (Å²) in [6.45, 7) is 5.49. The van der Waals surface area contributed by atoms with Gasteiger partial charge in [0.1, 0.15) is 0 Å². The minimum Gasteiger partial charge on any atom is -0.369 e. The Morgan fingerprint density at radius 3 is 2.53 bits per heavy atom. The molecule has 2 rings (SSSR count). The summed E-state index contributed by atoms with van der Waals surface area (Å²) in [5.41, 5.74) is 8.69. The third kappa shape index (κ3) is 3.01. The van der Waals surface area contributed by atoms with Crippen LogP contribution in [0.5, 0.6) is 0 Å². The van der Waals surface area contributed by atoms with Crippen molar-refractivity contribution < 1.29 is 0 Å². The molecule has 0 unspecified atom stereocenters. The van der Waals surface area contributed by atoms with E-state index in [9.17, 15) is 0 Å². The lowest BCUT2D eigenvalue weighted by Crippen LogP contribution is -2.40. The van der Waals surface area contributed by atoms with E-state index in [0.717, 1.165) is 6.54 Å². The molecule has 0 saturated heterocycles. The molecule has 0 aromatic heterocycles. The van der Waals surface area contributed by atoms with Gasteiger partial charge in [-0.1, -0.05) is 12.1 Å². The molecule has 1 aliphatic rings. The summed E-state index contributed by atoms with van der Waals surface area (Å²) in [5, 5.41) is 0. The molecule has 0 amide bonds. The van der Waals surface area contributed by atoms with Crippen LogP contribution < -0.4 is 10.6 Å². The number of nitrogens with two attached hydrogens (primary N) is 1. The van der Waals surface area contributed by atoms with Crippen LogP contribution in [-0.2, 0) is 0 Å². The van der Waals surface area contributed by atoms with Crippen LogP contribution in [0.4, 0.5) is 5.69 Å². The Bertz CT molecular complexity index is 354. The molecule has 1 aliphatic carbocycles. The number of rotatable bonds is 3. The fourth-order valence-electron chi connectivity index (χ4n) is 2.87. The van der Waals surface area contributed by atoms with E-state index in [1.54, 1.807) is 0 Å². The zero-order valence-corrected chi connectivity index (χ0v) is 11.0. The summed E-state index contributed by atoms with van der Waals surface area (Å²) in [4.78, 5) is 2.54. The van der Waals surface area contributed by atoms with Crippen molar-refractivity contribution in [2.24, 2.45) is 5.73 Å². The fraction of sp³-hybridized carbons (Fsp3) is 0.600. The van der Waals surface area contributed by atoms with Gasteiger partial charge in [-0.05, 0) is 57.2 Å². The second-order valence-electron chi connectivity index (χ2n) is 5.19. The molecular weight excluding hydrogens is 208 g/mol. The normalized spacial score (nSPS) is 24.6. The molecule has 2 nitrogen and oxygen atoms in total. The molecule has 0 aliphatic heterocycles. The van der Waals surface area contributed by atoms with Crippen molar-refractivity contribution in [3.8, 4) is 0 Å². The SMILES string of the molecule is CCN(c1cccc(C)c1)C1CCC(N)CC1. The summed E-state index contributed by atoms with van der Waals surface area (Å²) in [7, 11) is 0. The van der Waals surface area contributed by atoms with E-state index in [-0.39, 0.29) is 0 Å². The molecule has 1 fully saturated rings. The first-order valence-electron chi connectivity index (χ1n) is 6.79. The smallest absolute Gasteiger partial charge is 0.0371 e. The molecule has 17 heavy (non-hydrogen) atoms. The number of hydrogen-bond donors (Lipinski definition) is 1. The largest absolute Gasteiger partial charge is 0.369 e. The quantitative estimate of drug-likeness (QED) is 0.867. The van der Waals surface area contributed by atoms with Crippen LogP contribution in [0.1, 0.15) is 38.2 Å². The summed E-state index contributed by atoms with van der Waals surface area (Å²) in [6.07, 6.45) is 4.83. The first-order valence-corrected chi connectivity index (χ1v) is 6.79. The monoisotopic (exact) mass is 232 g/mol. The maximum absolute atomic E-state index is 5.98. The van der Waals surface area contributed by atoms with Gasteiger partial charge in [-0.15, -0.1) is 0 Å². The van der Waals surface area contributed by atoms with Gasteiger partial charge >= 0.3 is 0 Å². The van der Waals surface area contributed by atoms with E-state index in [2.05, 4.69) is 43.0 Å². The Hall–Kier alpha value is -1.02. The zero-order valence-electron chi connectivity index (χ0n) is 11.0. The van der Waals surface area contributed by atoms with Crippen molar-refractivity contribution in [3.05, 3.63) is 29.8 Å². The van der Waals surface area contributed by atoms with Crippen molar-refractivity contribution in [2.75, 3.05) is 11.4 Å². The first kappa shape index (κ1) is 12.4. The standard InChI is InChI=1S/C15H24N2/c1-3-17(14-9-7-13(16)8-10-14)15-6-4-5-12(2)11-15/h4-6,11,13-14H,3,7-10,16H2,1-2H3. The van der Waals surface area contributed by atoms with Crippen LogP contribution >= 0.6 is 0 Å². The summed E-state index contributed by atoms with van der Waals surface area (Å²) >= 11 is 0. The van der Waals surface area contributed by atoms with E-state index in [4.69, 9.17) is 5.73 Å². The van der Waals surface area contributed by atoms with Crippen molar-refractivity contribution in [1.82, 2.24) is 0 Å². The Labute approximate surface area is 105 Å². The summed E-state index contributed by atoms with van der Waals surface area (Å²) in [5.74, 6) is 0. The summed E-state index contributed by atoms with van der Waals surface area (Å²) < 4.78 is 0. The predicted octanol–water partition coefficient (Wildman–Crippen LogP) is 3.09. The Morgan fingerprint density at radius 1 is 1.24 bits per heavy atom. The van der Waals surface area contributed by atoms with E-state index in [0.29, 0.717) is 12.1 Å². The molecule has 94 valence electrons. The maximum atomic E-state index is 5.98. The topological polar surface area (TPSA) is 29.3 Å². The molecule has 2 N–H and O–H groups in total. The van der Waals surface area contributed by atoms with Crippen LogP contribution in [0.15, 0.2) is 24.3 Å². The second-order valence-corrected chi connectivity index (χ2v) is 5.19. The molecule has 0 bridgehead atoms. The Balaban J connectivity index is 2.10. The number of hydrogen-bond acceptors (Lipinski definition) is 2. The highest BCUT2D eigenvalue weighted by Gasteiger charge is 2.23.